The van der Waals surface area contributed by atoms with Crippen molar-refractivity contribution in [1.82, 2.24) is 5.32 Å². The van der Waals surface area contributed by atoms with Crippen LogP contribution in [-0.2, 0) is 0 Å². The molecule has 104 valence electrons. The lowest BCUT2D eigenvalue weighted by Crippen LogP contribution is -2.44. The molecule has 5 heteroatoms. The van der Waals surface area contributed by atoms with Gasteiger partial charge in [-0.1, -0.05) is 28.8 Å². The van der Waals surface area contributed by atoms with Crippen molar-refractivity contribution in [2.24, 2.45) is 11.7 Å². The van der Waals surface area contributed by atoms with E-state index in [0.717, 1.165) is 8.04 Å². The van der Waals surface area contributed by atoms with E-state index in [0.29, 0.717) is 18.0 Å². The molecule has 1 aliphatic rings. The van der Waals surface area contributed by atoms with Crippen LogP contribution in [-0.4, -0.2) is 18.5 Å². The molecule has 1 amide bonds. The summed E-state index contributed by atoms with van der Waals surface area (Å²) in [6, 6.07) is 5.84. The third-order valence-electron chi connectivity index (χ3n) is 3.71. The van der Waals surface area contributed by atoms with Crippen molar-refractivity contribution < 1.29 is 4.79 Å². The minimum Gasteiger partial charge on any atom is -0.348 e. The number of benzene rings is 1. The molecule has 3 nitrogen and oxygen atoms in total. The van der Waals surface area contributed by atoms with Crippen molar-refractivity contribution in [3.8, 4) is 0 Å². The fourth-order valence-corrected chi connectivity index (χ4v) is 3.59. The van der Waals surface area contributed by atoms with Crippen molar-refractivity contribution in [1.29, 1.82) is 0 Å². The summed E-state index contributed by atoms with van der Waals surface area (Å²) in [5.41, 5.74) is 6.54. The average molecular weight is 437 g/mol. The fourth-order valence-electron chi connectivity index (χ4n) is 2.65. The Hall–Kier alpha value is -0.140. The summed E-state index contributed by atoms with van der Waals surface area (Å²) in [6.45, 7) is 0.515. The molecule has 1 atom stereocenters. The standard InChI is InChI=1S/C14H18BrIN2O/c15-10-5-6-12(16)11(7-10)14(19)18-13(8-17)9-3-1-2-4-9/h5-7,9,13H,1-4,8,17H2,(H,18,19). The number of halogens is 2. The Morgan fingerprint density at radius 3 is 2.79 bits per heavy atom. The lowest BCUT2D eigenvalue weighted by atomic mass is 9.98. The Bertz CT molecular complexity index is 461. The third-order valence-corrected chi connectivity index (χ3v) is 5.15. The summed E-state index contributed by atoms with van der Waals surface area (Å²) in [6.07, 6.45) is 4.87. The number of amides is 1. The highest BCUT2D eigenvalue weighted by molar-refractivity contribution is 14.1. The molecular formula is C14H18BrIN2O. The molecule has 0 aromatic heterocycles. The Kier molecular flexibility index (Phi) is 5.65. The second-order valence-corrected chi connectivity index (χ2v) is 7.06. The van der Waals surface area contributed by atoms with Crippen LogP contribution in [0.5, 0.6) is 0 Å². The van der Waals surface area contributed by atoms with Crippen LogP contribution in [0.1, 0.15) is 36.0 Å². The van der Waals surface area contributed by atoms with Crippen LogP contribution < -0.4 is 11.1 Å². The van der Waals surface area contributed by atoms with Crippen LogP contribution in [0.3, 0.4) is 0 Å². The van der Waals surface area contributed by atoms with Crippen molar-refractivity contribution in [2.75, 3.05) is 6.54 Å². The summed E-state index contributed by atoms with van der Waals surface area (Å²) in [5, 5.41) is 3.10. The molecule has 0 saturated heterocycles. The maximum atomic E-state index is 12.4. The highest BCUT2D eigenvalue weighted by atomic mass is 127. The van der Waals surface area contributed by atoms with Gasteiger partial charge in [-0.25, -0.2) is 0 Å². The van der Waals surface area contributed by atoms with E-state index in [9.17, 15) is 4.79 Å². The Morgan fingerprint density at radius 2 is 2.16 bits per heavy atom. The molecule has 0 heterocycles. The summed E-state index contributed by atoms with van der Waals surface area (Å²) >= 11 is 5.59. The van der Waals surface area contributed by atoms with Gasteiger partial charge in [-0.3, -0.25) is 4.79 Å². The second kappa shape index (κ2) is 7.04. The largest absolute Gasteiger partial charge is 0.348 e. The molecule has 1 saturated carbocycles. The molecule has 19 heavy (non-hydrogen) atoms. The van der Waals surface area contributed by atoms with Crippen LogP contribution in [0.2, 0.25) is 0 Å². The van der Waals surface area contributed by atoms with Gasteiger partial charge >= 0.3 is 0 Å². The minimum absolute atomic E-state index is 0.0203. The van der Waals surface area contributed by atoms with Gasteiger partial charge in [0.2, 0.25) is 0 Å². The fraction of sp³-hybridized carbons (Fsp3) is 0.500. The molecule has 0 bridgehead atoms. The smallest absolute Gasteiger partial charge is 0.252 e. The summed E-state index contributed by atoms with van der Waals surface area (Å²) in [7, 11) is 0. The van der Waals surface area contributed by atoms with Gasteiger partial charge in [0.25, 0.3) is 5.91 Å². The van der Waals surface area contributed by atoms with E-state index in [1.54, 1.807) is 0 Å². The van der Waals surface area contributed by atoms with Crippen molar-refractivity contribution in [3.05, 3.63) is 31.8 Å². The minimum atomic E-state index is -0.0203. The molecule has 1 aliphatic carbocycles. The molecule has 0 spiro atoms. The zero-order chi connectivity index (χ0) is 13.8. The number of hydrogen-bond acceptors (Lipinski definition) is 2. The molecule has 1 aromatic carbocycles. The van der Waals surface area contributed by atoms with Crippen molar-refractivity contribution >= 4 is 44.4 Å². The molecule has 0 aliphatic heterocycles. The van der Waals surface area contributed by atoms with Gasteiger partial charge < -0.3 is 11.1 Å². The first-order chi connectivity index (χ1) is 9.11. The summed E-state index contributed by atoms with van der Waals surface area (Å²) < 4.78 is 1.88. The van der Waals surface area contributed by atoms with E-state index in [1.807, 2.05) is 18.2 Å². The van der Waals surface area contributed by atoms with Crippen LogP contribution in [0.4, 0.5) is 0 Å². The lowest BCUT2D eigenvalue weighted by Gasteiger charge is -2.23. The van der Waals surface area contributed by atoms with Crippen LogP contribution in [0.15, 0.2) is 22.7 Å². The molecular weight excluding hydrogens is 419 g/mol. The van der Waals surface area contributed by atoms with E-state index in [4.69, 9.17) is 5.73 Å². The van der Waals surface area contributed by atoms with E-state index < -0.39 is 0 Å². The second-order valence-electron chi connectivity index (χ2n) is 4.98. The SMILES string of the molecule is NCC(NC(=O)c1cc(Br)ccc1I)C1CCCC1. The van der Waals surface area contributed by atoms with Crippen molar-refractivity contribution in [2.45, 2.75) is 31.7 Å². The number of carbonyl (C=O) groups is 1. The molecule has 3 N–H and O–H groups in total. The van der Waals surface area contributed by atoms with Gasteiger partial charge in [0.05, 0.1) is 5.56 Å². The van der Waals surface area contributed by atoms with Crippen LogP contribution >= 0.6 is 38.5 Å². The highest BCUT2D eigenvalue weighted by Gasteiger charge is 2.26. The first-order valence-electron chi connectivity index (χ1n) is 6.58. The number of carbonyl (C=O) groups excluding carboxylic acids is 1. The first kappa shape index (κ1) is 15.3. The molecule has 1 fully saturated rings. The normalized spacial score (nSPS) is 17.4. The molecule has 0 radical (unpaired) electrons. The Morgan fingerprint density at radius 1 is 1.47 bits per heavy atom. The first-order valence-corrected chi connectivity index (χ1v) is 8.45. The van der Waals surface area contributed by atoms with E-state index in [-0.39, 0.29) is 11.9 Å². The summed E-state index contributed by atoms with van der Waals surface area (Å²) in [4.78, 5) is 12.4. The van der Waals surface area contributed by atoms with Gasteiger partial charge in [-0.05, 0) is 59.5 Å². The molecule has 2 rings (SSSR count). The van der Waals surface area contributed by atoms with Gasteiger partial charge in [0.1, 0.15) is 0 Å². The summed E-state index contributed by atoms with van der Waals surface area (Å²) in [5.74, 6) is 0.520. The lowest BCUT2D eigenvalue weighted by molar-refractivity contribution is 0.0923. The predicted octanol–water partition coefficient (Wildman–Crippen LogP) is 3.30. The van der Waals surface area contributed by atoms with E-state index in [2.05, 4.69) is 43.8 Å². The topological polar surface area (TPSA) is 55.1 Å². The van der Waals surface area contributed by atoms with Gasteiger partial charge in [-0.15, -0.1) is 0 Å². The van der Waals surface area contributed by atoms with Gasteiger partial charge in [-0.2, -0.15) is 0 Å². The number of rotatable bonds is 4. The molecule has 1 unspecified atom stereocenters. The zero-order valence-electron chi connectivity index (χ0n) is 10.7. The Balaban J connectivity index is 2.08. The number of hydrogen-bond donors (Lipinski definition) is 2. The monoisotopic (exact) mass is 436 g/mol. The maximum Gasteiger partial charge on any atom is 0.252 e. The zero-order valence-corrected chi connectivity index (χ0v) is 14.4. The number of nitrogens with one attached hydrogen (secondary N) is 1. The third kappa shape index (κ3) is 3.92. The predicted molar refractivity (Wildman–Crippen MR) is 89.1 cm³/mol. The molecule has 1 aromatic rings. The average Bonchev–Trinajstić information content (AvgIpc) is 2.92. The number of nitrogens with two attached hydrogens (primary N) is 1. The van der Waals surface area contributed by atoms with Crippen LogP contribution in [0.25, 0.3) is 0 Å². The van der Waals surface area contributed by atoms with Gasteiger partial charge in [0.15, 0.2) is 0 Å². The highest BCUT2D eigenvalue weighted by Crippen LogP contribution is 2.28. The Labute approximate surface area is 136 Å². The quantitative estimate of drug-likeness (QED) is 0.711. The van der Waals surface area contributed by atoms with Crippen molar-refractivity contribution in [3.63, 3.8) is 0 Å². The van der Waals surface area contributed by atoms with E-state index >= 15 is 0 Å². The van der Waals surface area contributed by atoms with Gasteiger partial charge in [0, 0.05) is 20.6 Å². The van der Waals surface area contributed by atoms with Crippen LogP contribution in [0, 0.1) is 9.49 Å². The maximum absolute atomic E-state index is 12.4. The van der Waals surface area contributed by atoms with E-state index in [1.165, 1.54) is 25.7 Å².